The van der Waals surface area contributed by atoms with Gasteiger partial charge in [0.2, 0.25) is 0 Å². The Kier molecular flexibility index (Phi) is 6.77. The molecule has 0 bridgehead atoms. The Morgan fingerprint density at radius 2 is 2.03 bits per heavy atom. The number of carbonyl (C=O) groups is 1. The number of imidazole rings is 1. The Balaban J connectivity index is 1.47. The number of fused-ring (bicyclic) bond motifs is 1. The first kappa shape index (κ1) is 21.8. The highest BCUT2D eigenvalue weighted by Crippen LogP contribution is 2.37. The molecule has 1 heterocycles. The van der Waals surface area contributed by atoms with Gasteiger partial charge < -0.3 is 9.30 Å². The van der Waals surface area contributed by atoms with Crippen molar-refractivity contribution in [1.82, 2.24) is 9.55 Å². The summed E-state index contributed by atoms with van der Waals surface area (Å²) in [5, 5.41) is 0. The molecule has 168 valence electrons. The van der Waals surface area contributed by atoms with Gasteiger partial charge in [-0.2, -0.15) is 0 Å². The number of hydrogen-bond acceptors (Lipinski definition) is 4. The lowest BCUT2D eigenvalue weighted by molar-refractivity contribution is 0.0971. The zero-order valence-corrected chi connectivity index (χ0v) is 19.4. The lowest BCUT2D eigenvalue weighted by Gasteiger charge is -2.29. The van der Waals surface area contributed by atoms with Crippen LogP contribution in [0, 0.1) is 5.92 Å². The van der Waals surface area contributed by atoms with Crippen LogP contribution in [-0.2, 0) is 18.7 Å². The first-order chi connectivity index (χ1) is 16.3. The zero-order chi connectivity index (χ0) is 22.5. The Hall–Kier alpha value is -3.05. The topological polar surface area (TPSA) is 44.1 Å². The second kappa shape index (κ2) is 10.3. The normalized spacial score (nSPS) is 18.2. The highest BCUT2D eigenvalue weighted by atomic mass is 32.2. The number of hydrogen-bond donors (Lipinski definition) is 0. The van der Waals surface area contributed by atoms with E-state index in [2.05, 4.69) is 58.1 Å². The van der Waals surface area contributed by atoms with E-state index in [1.54, 1.807) is 18.0 Å². The molecule has 33 heavy (non-hydrogen) atoms. The summed E-state index contributed by atoms with van der Waals surface area (Å²) in [7, 11) is 0. The van der Waals surface area contributed by atoms with E-state index in [0.29, 0.717) is 6.42 Å². The lowest BCUT2D eigenvalue weighted by atomic mass is 9.87. The van der Waals surface area contributed by atoms with Gasteiger partial charge in [0.1, 0.15) is 11.9 Å². The number of ether oxygens (including phenoxy) is 1. The number of thioether (sulfide) groups is 1. The van der Waals surface area contributed by atoms with Gasteiger partial charge in [-0.3, -0.25) is 4.79 Å². The molecule has 0 radical (unpaired) electrons. The molecule has 2 aliphatic carbocycles. The average Bonchev–Trinajstić information content (AvgIpc) is 3.37. The number of nitrogens with zero attached hydrogens (tertiary/aromatic N) is 2. The monoisotopic (exact) mass is 456 g/mol. The molecular formula is C28H28N2O2S. The molecule has 2 aliphatic rings. The molecule has 0 saturated heterocycles. The third-order valence-electron chi connectivity index (χ3n) is 6.37. The molecule has 0 saturated carbocycles. The van der Waals surface area contributed by atoms with Crippen LogP contribution in [0.25, 0.3) is 0 Å². The molecule has 2 aromatic carbocycles. The lowest BCUT2D eigenvalue weighted by Crippen LogP contribution is -2.31. The van der Waals surface area contributed by atoms with Gasteiger partial charge in [-0.05, 0) is 49.1 Å². The van der Waals surface area contributed by atoms with Crippen LogP contribution in [0.4, 0.5) is 0 Å². The minimum Gasteiger partial charge on any atom is -0.488 e. The molecule has 0 aliphatic heterocycles. The second-order valence-electron chi connectivity index (χ2n) is 8.58. The van der Waals surface area contributed by atoms with Crippen molar-refractivity contribution < 1.29 is 9.53 Å². The van der Waals surface area contributed by atoms with E-state index in [-0.39, 0.29) is 17.8 Å². The third-order valence-corrected chi connectivity index (χ3v) is 7.40. The van der Waals surface area contributed by atoms with Gasteiger partial charge >= 0.3 is 0 Å². The van der Waals surface area contributed by atoms with E-state index >= 15 is 0 Å². The van der Waals surface area contributed by atoms with Crippen molar-refractivity contribution in [2.24, 2.45) is 5.92 Å². The second-order valence-corrected chi connectivity index (χ2v) is 9.62. The van der Waals surface area contributed by atoms with E-state index in [4.69, 9.17) is 4.74 Å². The first-order valence-corrected chi connectivity index (χ1v) is 12.6. The summed E-state index contributed by atoms with van der Waals surface area (Å²) in [4.78, 5) is 18.1. The van der Waals surface area contributed by atoms with E-state index in [1.165, 1.54) is 16.0 Å². The van der Waals surface area contributed by atoms with Crippen LogP contribution in [0.5, 0.6) is 5.75 Å². The minimum absolute atomic E-state index is 0.0294. The number of benzene rings is 2. The van der Waals surface area contributed by atoms with E-state index in [1.807, 2.05) is 30.7 Å². The fraction of sp³-hybridized carbons (Fsp3) is 0.286. The van der Waals surface area contributed by atoms with Gasteiger partial charge in [0.25, 0.3) is 0 Å². The van der Waals surface area contributed by atoms with Crippen molar-refractivity contribution in [2.75, 3.05) is 0 Å². The van der Waals surface area contributed by atoms with Crippen molar-refractivity contribution in [1.29, 1.82) is 0 Å². The molecular weight excluding hydrogens is 428 g/mol. The average molecular weight is 457 g/mol. The summed E-state index contributed by atoms with van der Waals surface area (Å²) in [6.07, 6.45) is 17.7. The van der Waals surface area contributed by atoms with E-state index in [9.17, 15) is 4.79 Å². The minimum atomic E-state index is -0.0294. The van der Waals surface area contributed by atoms with Crippen LogP contribution in [0.3, 0.4) is 0 Å². The Morgan fingerprint density at radius 3 is 2.82 bits per heavy atom. The standard InChI is InChI=1S/C28H28N2O2S/c31-26-13-7-12-23-24(26)14-15-27(25(23)19-33-22-10-5-2-6-11-22)32-28(18-30-17-16-29-20-30)21-8-3-1-4-9-21/h1-6,8,10-11,14-17,20-21,28H,7,9,12-13,18-19H2/t21?,28-/m1/s1. The van der Waals surface area contributed by atoms with Crippen molar-refractivity contribution in [3.63, 3.8) is 0 Å². The third kappa shape index (κ3) is 5.14. The fourth-order valence-electron chi connectivity index (χ4n) is 4.62. The molecule has 1 unspecified atom stereocenters. The molecule has 3 aromatic rings. The summed E-state index contributed by atoms with van der Waals surface area (Å²) < 4.78 is 8.87. The van der Waals surface area contributed by atoms with Gasteiger partial charge in [-0.15, -0.1) is 11.8 Å². The smallest absolute Gasteiger partial charge is 0.163 e. The van der Waals surface area contributed by atoms with Gasteiger partial charge in [-0.25, -0.2) is 4.98 Å². The molecule has 0 N–H and O–H groups in total. The quantitative estimate of drug-likeness (QED) is 0.375. The number of allylic oxidation sites excluding steroid dienone is 3. The Morgan fingerprint density at radius 1 is 1.12 bits per heavy atom. The number of carbonyl (C=O) groups excluding carboxylic acids is 1. The molecule has 5 heteroatoms. The highest BCUT2D eigenvalue weighted by Gasteiger charge is 2.27. The predicted molar refractivity (Wildman–Crippen MR) is 133 cm³/mol. The highest BCUT2D eigenvalue weighted by molar-refractivity contribution is 7.98. The summed E-state index contributed by atoms with van der Waals surface area (Å²) >= 11 is 1.80. The summed E-state index contributed by atoms with van der Waals surface area (Å²) in [5.74, 6) is 2.22. The molecule has 1 aromatic heterocycles. The number of aromatic nitrogens is 2. The maximum Gasteiger partial charge on any atom is 0.163 e. The largest absolute Gasteiger partial charge is 0.488 e. The number of rotatable bonds is 8. The molecule has 0 amide bonds. The Labute approximate surface area is 199 Å². The van der Waals surface area contributed by atoms with Gasteiger partial charge in [-0.1, -0.05) is 42.5 Å². The maximum absolute atomic E-state index is 12.6. The van der Waals surface area contributed by atoms with Crippen LogP contribution in [0.2, 0.25) is 0 Å². The Bertz CT molecular complexity index is 1150. The summed E-state index contributed by atoms with van der Waals surface area (Å²) in [6.45, 7) is 0.726. The number of ketones is 1. The zero-order valence-electron chi connectivity index (χ0n) is 18.6. The van der Waals surface area contributed by atoms with Crippen LogP contribution < -0.4 is 4.74 Å². The van der Waals surface area contributed by atoms with Crippen LogP contribution >= 0.6 is 11.8 Å². The first-order valence-electron chi connectivity index (χ1n) is 11.6. The molecule has 5 rings (SSSR count). The van der Waals surface area contributed by atoms with Crippen molar-refractivity contribution in [3.05, 3.63) is 102 Å². The van der Waals surface area contributed by atoms with Crippen LogP contribution in [0.1, 0.15) is 40.7 Å². The molecule has 0 spiro atoms. The van der Waals surface area contributed by atoms with Crippen molar-refractivity contribution in [3.8, 4) is 5.75 Å². The van der Waals surface area contributed by atoms with Gasteiger partial charge in [0.15, 0.2) is 5.78 Å². The summed E-state index contributed by atoms with van der Waals surface area (Å²) in [6, 6.07) is 14.4. The van der Waals surface area contributed by atoms with E-state index < -0.39 is 0 Å². The van der Waals surface area contributed by atoms with Crippen molar-refractivity contribution in [2.45, 2.75) is 49.0 Å². The van der Waals surface area contributed by atoms with Crippen LogP contribution in [-0.4, -0.2) is 21.4 Å². The van der Waals surface area contributed by atoms with Gasteiger partial charge in [0.05, 0.1) is 12.9 Å². The van der Waals surface area contributed by atoms with E-state index in [0.717, 1.165) is 42.9 Å². The van der Waals surface area contributed by atoms with Gasteiger partial charge in [0, 0.05) is 46.5 Å². The van der Waals surface area contributed by atoms with Crippen molar-refractivity contribution >= 4 is 17.5 Å². The van der Waals surface area contributed by atoms with Crippen LogP contribution in [0.15, 0.2) is 90.4 Å². The predicted octanol–water partition coefficient (Wildman–Crippen LogP) is 6.27. The molecule has 0 fully saturated rings. The molecule has 2 atom stereocenters. The molecule has 4 nitrogen and oxygen atoms in total. The number of Topliss-reactive ketones (excluding diaryl/α,β-unsaturated/α-hetero) is 1. The maximum atomic E-state index is 12.6. The SMILES string of the molecule is O=C1CCCc2c1ccc(O[C@H](Cn1ccnc1)C1C=CC=CC1)c2CSc1ccccc1. The fourth-order valence-corrected chi connectivity index (χ4v) is 5.60. The summed E-state index contributed by atoms with van der Waals surface area (Å²) in [5.41, 5.74) is 3.22.